The molecule has 0 unspecified atom stereocenters. The molecule has 4 nitrogen and oxygen atoms in total. The first-order valence-corrected chi connectivity index (χ1v) is 4.54. The molecule has 0 saturated carbocycles. The Hall–Kier alpha value is -2.18. The van der Waals surface area contributed by atoms with Gasteiger partial charge in [0.1, 0.15) is 23.1 Å². The first kappa shape index (κ1) is 11.3. The lowest BCUT2D eigenvalue weighted by molar-refractivity contribution is 0.102. The summed E-state index contributed by atoms with van der Waals surface area (Å²) in [6.07, 6.45) is 1.07. The fourth-order valence-electron chi connectivity index (χ4n) is 1.38. The van der Waals surface area contributed by atoms with Crippen molar-refractivity contribution >= 4 is 5.78 Å². The SMILES string of the molecule is Cn1nncc1C(=O)c1c(F)cc(F)cc1F. The summed E-state index contributed by atoms with van der Waals surface area (Å²) in [6, 6.07) is 0.889. The second-order valence-electron chi connectivity index (χ2n) is 3.32. The zero-order chi connectivity index (χ0) is 12.6. The number of nitrogens with zero attached hydrogens (tertiary/aromatic N) is 3. The van der Waals surface area contributed by atoms with E-state index in [1.165, 1.54) is 7.05 Å². The van der Waals surface area contributed by atoms with Gasteiger partial charge in [-0.25, -0.2) is 17.9 Å². The second kappa shape index (κ2) is 4.00. The van der Waals surface area contributed by atoms with Crippen LogP contribution in [-0.2, 0) is 7.05 Å². The topological polar surface area (TPSA) is 47.8 Å². The van der Waals surface area contributed by atoms with Gasteiger partial charge in [0.2, 0.25) is 5.78 Å². The average molecular weight is 241 g/mol. The van der Waals surface area contributed by atoms with Crippen LogP contribution in [-0.4, -0.2) is 20.8 Å². The van der Waals surface area contributed by atoms with Crippen molar-refractivity contribution in [1.82, 2.24) is 15.0 Å². The van der Waals surface area contributed by atoms with Crippen LogP contribution < -0.4 is 0 Å². The summed E-state index contributed by atoms with van der Waals surface area (Å²) in [4.78, 5) is 11.8. The van der Waals surface area contributed by atoms with Gasteiger partial charge in [0.25, 0.3) is 0 Å². The van der Waals surface area contributed by atoms with E-state index in [1.54, 1.807) is 0 Å². The molecule has 0 bridgehead atoms. The van der Waals surface area contributed by atoms with Gasteiger partial charge >= 0.3 is 0 Å². The van der Waals surface area contributed by atoms with Crippen LogP contribution in [0, 0.1) is 17.5 Å². The second-order valence-corrected chi connectivity index (χ2v) is 3.32. The molecule has 1 aromatic carbocycles. The van der Waals surface area contributed by atoms with E-state index in [-0.39, 0.29) is 5.69 Å². The lowest BCUT2D eigenvalue weighted by atomic mass is 10.1. The summed E-state index contributed by atoms with van der Waals surface area (Å²) in [5.74, 6) is -4.53. The van der Waals surface area contributed by atoms with E-state index in [9.17, 15) is 18.0 Å². The van der Waals surface area contributed by atoms with E-state index >= 15 is 0 Å². The summed E-state index contributed by atoms with van der Waals surface area (Å²) in [7, 11) is 1.40. The molecular formula is C10H6F3N3O. The largest absolute Gasteiger partial charge is 0.287 e. The van der Waals surface area contributed by atoms with E-state index in [2.05, 4.69) is 10.3 Å². The first-order chi connectivity index (χ1) is 8.00. The lowest BCUT2D eigenvalue weighted by Crippen LogP contribution is -2.12. The van der Waals surface area contributed by atoms with E-state index in [1.807, 2.05) is 0 Å². The smallest absolute Gasteiger partial charge is 0.218 e. The average Bonchev–Trinajstić information content (AvgIpc) is 2.62. The molecule has 17 heavy (non-hydrogen) atoms. The van der Waals surface area contributed by atoms with Crippen LogP contribution in [0.4, 0.5) is 13.2 Å². The predicted octanol–water partition coefficient (Wildman–Crippen LogP) is 1.46. The molecular weight excluding hydrogens is 235 g/mol. The minimum Gasteiger partial charge on any atom is -0.287 e. The fourth-order valence-corrected chi connectivity index (χ4v) is 1.38. The Morgan fingerprint density at radius 1 is 1.24 bits per heavy atom. The molecule has 2 aromatic rings. The number of benzene rings is 1. The number of ketones is 1. The van der Waals surface area contributed by atoms with Gasteiger partial charge in [-0.3, -0.25) is 4.79 Å². The maximum Gasteiger partial charge on any atom is 0.218 e. The molecule has 0 radical (unpaired) electrons. The van der Waals surface area contributed by atoms with Gasteiger partial charge in [-0.1, -0.05) is 5.21 Å². The highest BCUT2D eigenvalue weighted by Crippen LogP contribution is 2.18. The third-order valence-corrected chi connectivity index (χ3v) is 2.18. The van der Waals surface area contributed by atoms with E-state index in [0.717, 1.165) is 10.9 Å². The Morgan fingerprint density at radius 3 is 2.29 bits per heavy atom. The molecule has 0 fully saturated rings. The molecule has 0 atom stereocenters. The Kier molecular flexibility index (Phi) is 2.66. The van der Waals surface area contributed by atoms with Gasteiger partial charge in [-0.2, -0.15) is 0 Å². The summed E-state index contributed by atoms with van der Waals surface area (Å²) in [5, 5.41) is 6.89. The van der Waals surface area contributed by atoms with E-state index in [4.69, 9.17) is 0 Å². The number of aromatic nitrogens is 3. The van der Waals surface area contributed by atoms with Crippen LogP contribution in [0.15, 0.2) is 18.3 Å². The maximum atomic E-state index is 13.3. The summed E-state index contributed by atoms with van der Waals surface area (Å²) in [6.45, 7) is 0. The number of rotatable bonds is 2. The molecule has 7 heteroatoms. The lowest BCUT2D eigenvalue weighted by Gasteiger charge is -2.03. The number of hydrogen-bond donors (Lipinski definition) is 0. The van der Waals surface area contributed by atoms with Crippen LogP contribution in [0.1, 0.15) is 16.1 Å². The van der Waals surface area contributed by atoms with Gasteiger partial charge < -0.3 is 0 Å². The first-order valence-electron chi connectivity index (χ1n) is 4.54. The summed E-state index contributed by atoms with van der Waals surface area (Å²) >= 11 is 0. The van der Waals surface area contributed by atoms with Gasteiger partial charge in [-0.15, -0.1) is 5.10 Å². The number of hydrogen-bond acceptors (Lipinski definition) is 3. The Bertz CT molecular complexity index is 571. The highest BCUT2D eigenvalue weighted by atomic mass is 19.1. The highest BCUT2D eigenvalue weighted by molar-refractivity contribution is 6.08. The van der Waals surface area contributed by atoms with Crippen LogP contribution in [0.2, 0.25) is 0 Å². The van der Waals surface area contributed by atoms with Crippen molar-refractivity contribution in [3.05, 3.63) is 47.0 Å². The quantitative estimate of drug-likeness (QED) is 0.748. The molecule has 0 aliphatic carbocycles. The Morgan fingerprint density at radius 2 is 1.82 bits per heavy atom. The van der Waals surface area contributed by atoms with Crippen LogP contribution in [0.25, 0.3) is 0 Å². The van der Waals surface area contributed by atoms with Gasteiger partial charge in [0.15, 0.2) is 0 Å². The van der Waals surface area contributed by atoms with Crippen molar-refractivity contribution < 1.29 is 18.0 Å². The zero-order valence-electron chi connectivity index (χ0n) is 8.62. The molecule has 0 amide bonds. The van der Waals surface area contributed by atoms with Crippen molar-refractivity contribution in [2.24, 2.45) is 7.05 Å². The molecule has 1 heterocycles. The van der Waals surface area contributed by atoms with E-state index < -0.39 is 28.8 Å². The van der Waals surface area contributed by atoms with Gasteiger partial charge in [0, 0.05) is 19.2 Å². The van der Waals surface area contributed by atoms with Crippen molar-refractivity contribution in [2.45, 2.75) is 0 Å². The monoisotopic (exact) mass is 241 g/mol. The molecule has 0 saturated heterocycles. The van der Waals surface area contributed by atoms with Crippen LogP contribution in [0.5, 0.6) is 0 Å². The highest BCUT2D eigenvalue weighted by Gasteiger charge is 2.22. The minimum absolute atomic E-state index is 0.0885. The summed E-state index contributed by atoms with van der Waals surface area (Å²) in [5.41, 5.74) is -0.911. The Labute approximate surface area is 93.7 Å². The maximum absolute atomic E-state index is 13.3. The summed E-state index contributed by atoms with van der Waals surface area (Å²) < 4.78 is 40.4. The molecule has 1 aromatic heterocycles. The number of aryl methyl sites for hydroxylation is 1. The third-order valence-electron chi connectivity index (χ3n) is 2.18. The van der Waals surface area contributed by atoms with Crippen molar-refractivity contribution in [3.63, 3.8) is 0 Å². The molecule has 0 aliphatic heterocycles. The Balaban J connectivity index is 2.56. The van der Waals surface area contributed by atoms with Gasteiger partial charge in [-0.05, 0) is 0 Å². The molecule has 0 spiro atoms. The molecule has 2 rings (SSSR count). The minimum atomic E-state index is -1.26. The van der Waals surface area contributed by atoms with Crippen LogP contribution >= 0.6 is 0 Å². The van der Waals surface area contributed by atoms with Gasteiger partial charge in [0.05, 0.1) is 11.8 Å². The van der Waals surface area contributed by atoms with E-state index in [0.29, 0.717) is 12.1 Å². The molecule has 0 aliphatic rings. The molecule has 88 valence electrons. The number of halogens is 3. The normalized spacial score (nSPS) is 10.6. The fraction of sp³-hybridized carbons (Fsp3) is 0.100. The van der Waals surface area contributed by atoms with Crippen molar-refractivity contribution in [2.75, 3.05) is 0 Å². The predicted molar refractivity (Wildman–Crippen MR) is 50.8 cm³/mol. The number of carbonyl (C=O) groups excluding carboxylic acids is 1. The van der Waals surface area contributed by atoms with Crippen molar-refractivity contribution in [1.29, 1.82) is 0 Å². The molecule has 0 N–H and O–H groups in total. The number of carbonyl (C=O) groups is 1. The zero-order valence-corrected chi connectivity index (χ0v) is 8.62. The third kappa shape index (κ3) is 1.91. The van der Waals surface area contributed by atoms with Crippen molar-refractivity contribution in [3.8, 4) is 0 Å². The standard InChI is InChI=1S/C10H6F3N3O/c1-16-8(4-14-15-16)10(17)9-6(12)2-5(11)3-7(9)13/h2-4H,1H3. The van der Waals surface area contributed by atoms with Crippen LogP contribution in [0.3, 0.4) is 0 Å².